The van der Waals surface area contributed by atoms with Gasteiger partial charge in [-0.3, -0.25) is 0 Å². The number of aliphatic hydroxyl groups is 1. The molecule has 70 valence electrons. The first-order valence-corrected chi connectivity index (χ1v) is 4.59. The fourth-order valence-electron chi connectivity index (χ4n) is 1.07. The van der Waals surface area contributed by atoms with Gasteiger partial charge in [-0.25, -0.2) is 0 Å². The summed E-state index contributed by atoms with van der Waals surface area (Å²) >= 11 is 5.73. The molecule has 13 heavy (non-hydrogen) atoms. The lowest BCUT2D eigenvalue weighted by molar-refractivity contribution is 0.215. The van der Waals surface area contributed by atoms with Crippen molar-refractivity contribution in [3.63, 3.8) is 0 Å². The van der Waals surface area contributed by atoms with Gasteiger partial charge in [0.05, 0.1) is 6.10 Å². The van der Waals surface area contributed by atoms with Gasteiger partial charge in [-0.1, -0.05) is 29.8 Å². The first-order valence-electron chi connectivity index (χ1n) is 4.21. The van der Waals surface area contributed by atoms with Crippen molar-refractivity contribution in [3.8, 4) is 0 Å². The van der Waals surface area contributed by atoms with Crippen LogP contribution in [0.1, 0.15) is 25.5 Å². The van der Waals surface area contributed by atoms with E-state index in [-0.39, 0.29) is 0 Å². The van der Waals surface area contributed by atoms with Gasteiger partial charge in [-0.15, -0.1) is 0 Å². The fraction of sp³-hybridized carbons (Fsp3) is 0.273. The van der Waals surface area contributed by atoms with Crippen LogP contribution < -0.4 is 0 Å². The molecule has 0 fully saturated rings. The molecule has 1 rings (SSSR count). The lowest BCUT2D eigenvalue weighted by Crippen LogP contribution is -1.97. The predicted molar refractivity (Wildman–Crippen MR) is 55.8 cm³/mol. The zero-order chi connectivity index (χ0) is 9.84. The Bertz CT molecular complexity index is 300. The molecule has 1 aromatic rings. The van der Waals surface area contributed by atoms with Crippen LogP contribution in [0.3, 0.4) is 0 Å². The average molecular weight is 197 g/mol. The summed E-state index contributed by atoms with van der Waals surface area (Å²) in [6.07, 6.45) is 1.39. The third-order valence-electron chi connectivity index (χ3n) is 2.07. The quantitative estimate of drug-likeness (QED) is 0.720. The van der Waals surface area contributed by atoms with Crippen molar-refractivity contribution in [2.75, 3.05) is 0 Å². The molecule has 1 nitrogen and oxygen atoms in total. The van der Waals surface area contributed by atoms with E-state index < -0.39 is 6.10 Å². The van der Waals surface area contributed by atoms with Crippen LogP contribution in [0.15, 0.2) is 35.9 Å². The molecule has 0 amide bonds. The zero-order valence-electron chi connectivity index (χ0n) is 7.79. The van der Waals surface area contributed by atoms with E-state index in [1.54, 1.807) is 12.1 Å². The summed E-state index contributed by atoms with van der Waals surface area (Å²) in [7, 11) is 0. The second kappa shape index (κ2) is 4.45. The summed E-state index contributed by atoms with van der Waals surface area (Å²) in [5, 5.41) is 10.5. The van der Waals surface area contributed by atoms with Crippen molar-refractivity contribution >= 4 is 11.6 Å². The van der Waals surface area contributed by atoms with Crippen LogP contribution in [0.2, 0.25) is 5.02 Å². The smallest absolute Gasteiger partial charge is 0.0998 e. The summed E-state index contributed by atoms with van der Waals surface area (Å²) < 4.78 is 0. The van der Waals surface area contributed by atoms with Gasteiger partial charge in [0.1, 0.15) is 0 Å². The molecule has 0 unspecified atom stereocenters. The summed E-state index contributed by atoms with van der Waals surface area (Å²) in [5.74, 6) is 0. The zero-order valence-corrected chi connectivity index (χ0v) is 8.55. The molecule has 0 aliphatic heterocycles. The van der Waals surface area contributed by atoms with Crippen molar-refractivity contribution in [2.24, 2.45) is 0 Å². The van der Waals surface area contributed by atoms with Gasteiger partial charge < -0.3 is 5.11 Å². The van der Waals surface area contributed by atoms with Crippen LogP contribution in [0, 0.1) is 0 Å². The minimum absolute atomic E-state index is 0.512. The monoisotopic (exact) mass is 196 g/mol. The fourth-order valence-corrected chi connectivity index (χ4v) is 1.19. The molecule has 1 aromatic carbocycles. The summed E-state index contributed by atoms with van der Waals surface area (Å²) in [5.41, 5.74) is 1.82. The Balaban J connectivity index is 2.89. The molecule has 0 spiro atoms. The number of hydrogen-bond acceptors (Lipinski definition) is 1. The maximum Gasteiger partial charge on any atom is 0.0998 e. The lowest BCUT2D eigenvalue weighted by atomic mass is 10.0. The van der Waals surface area contributed by atoms with Crippen molar-refractivity contribution in [1.82, 2.24) is 0 Å². The van der Waals surface area contributed by atoms with Crippen LogP contribution in [0.4, 0.5) is 0 Å². The topological polar surface area (TPSA) is 20.2 Å². The highest BCUT2D eigenvalue weighted by atomic mass is 35.5. The van der Waals surface area contributed by atoms with Crippen molar-refractivity contribution in [2.45, 2.75) is 20.0 Å². The second-order valence-corrected chi connectivity index (χ2v) is 3.42. The highest BCUT2D eigenvalue weighted by Crippen LogP contribution is 2.22. The van der Waals surface area contributed by atoms with Gasteiger partial charge in [-0.2, -0.15) is 0 Å². The van der Waals surface area contributed by atoms with Crippen LogP contribution in [-0.4, -0.2) is 5.11 Å². The highest BCUT2D eigenvalue weighted by molar-refractivity contribution is 6.30. The van der Waals surface area contributed by atoms with Gasteiger partial charge in [0.15, 0.2) is 0 Å². The van der Waals surface area contributed by atoms with Crippen molar-refractivity contribution in [3.05, 3.63) is 46.5 Å². The molecule has 0 saturated heterocycles. The second-order valence-electron chi connectivity index (χ2n) is 2.99. The third-order valence-corrected chi connectivity index (χ3v) is 2.32. The predicted octanol–water partition coefficient (Wildman–Crippen LogP) is 3.34. The number of halogens is 1. The molecule has 0 saturated carbocycles. The molecule has 0 aliphatic rings. The largest absolute Gasteiger partial charge is 0.384 e. The van der Waals surface area contributed by atoms with E-state index in [0.717, 1.165) is 11.1 Å². The Hall–Kier alpha value is -0.790. The molecular weight excluding hydrogens is 184 g/mol. The third kappa shape index (κ3) is 2.58. The molecule has 0 aliphatic carbocycles. The minimum atomic E-state index is -0.512. The number of rotatable bonds is 2. The number of allylic oxidation sites excluding steroid dienone is 1. The maximum absolute atomic E-state index is 9.77. The van der Waals surface area contributed by atoms with Gasteiger partial charge in [0.2, 0.25) is 0 Å². The van der Waals surface area contributed by atoms with E-state index in [4.69, 9.17) is 11.6 Å². The summed E-state index contributed by atoms with van der Waals surface area (Å²) in [6, 6.07) is 7.23. The molecule has 0 bridgehead atoms. The van der Waals surface area contributed by atoms with Crippen molar-refractivity contribution < 1.29 is 5.11 Å². The van der Waals surface area contributed by atoms with Crippen LogP contribution in [0.5, 0.6) is 0 Å². The SMILES string of the molecule is C/C=C(\C)[C@@H](O)c1ccc(Cl)cc1. The Labute approximate surface area is 83.7 Å². The first-order chi connectivity index (χ1) is 6.15. The Kier molecular flexibility index (Phi) is 3.52. The van der Waals surface area contributed by atoms with E-state index in [0.29, 0.717) is 5.02 Å². The van der Waals surface area contributed by atoms with Gasteiger partial charge in [0.25, 0.3) is 0 Å². The molecule has 0 radical (unpaired) electrons. The molecule has 0 heterocycles. The van der Waals surface area contributed by atoms with E-state index >= 15 is 0 Å². The van der Waals surface area contributed by atoms with Gasteiger partial charge >= 0.3 is 0 Å². The summed E-state index contributed by atoms with van der Waals surface area (Å²) in [6.45, 7) is 3.81. The van der Waals surface area contributed by atoms with E-state index in [1.165, 1.54) is 0 Å². The summed E-state index contributed by atoms with van der Waals surface area (Å²) in [4.78, 5) is 0. The highest BCUT2D eigenvalue weighted by Gasteiger charge is 2.07. The van der Waals surface area contributed by atoms with Crippen LogP contribution >= 0.6 is 11.6 Å². The molecule has 0 aromatic heterocycles. The standard InChI is InChI=1S/C11H13ClO/c1-3-8(2)11(13)9-4-6-10(12)7-5-9/h3-7,11,13H,1-2H3/b8-3+/t11-/m1/s1. The van der Waals surface area contributed by atoms with E-state index in [1.807, 2.05) is 32.1 Å². The van der Waals surface area contributed by atoms with Crippen LogP contribution in [0.25, 0.3) is 0 Å². The Morgan fingerprint density at radius 3 is 2.38 bits per heavy atom. The molecule has 1 atom stereocenters. The normalized spacial score (nSPS) is 14.3. The van der Waals surface area contributed by atoms with Gasteiger partial charge in [-0.05, 0) is 37.1 Å². The molecule has 1 N–H and O–H groups in total. The Morgan fingerprint density at radius 1 is 1.38 bits per heavy atom. The maximum atomic E-state index is 9.77. The van der Waals surface area contributed by atoms with E-state index in [2.05, 4.69) is 0 Å². The molecular formula is C11H13ClO. The molecule has 2 heteroatoms. The number of hydrogen-bond donors (Lipinski definition) is 1. The first kappa shape index (κ1) is 10.3. The minimum Gasteiger partial charge on any atom is -0.384 e. The number of aliphatic hydroxyl groups excluding tert-OH is 1. The lowest BCUT2D eigenvalue weighted by Gasteiger charge is -2.10. The average Bonchev–Trinajstić information content (AvgIpc) is 2.17. The van der Waals surface area contributed by atoms with Crippen molar-refractivity contribution in [1.29, 1.82) is 0 Å². The van der Waals surface area contributed by atoms with Gasteiger partial charge in [0, 0.05) is 5.02 Å². The van der Waals surface area contributed by atoms with E-state index in [9.17, 15) is 5.11 Å². The van der Waals surface area contributed by atoms with Crippen LogP contribution in [-0.2, 0) is 0 Å². The number of benzene rings is 1. The Morgan fingerprint density at radius 2 is 1.92 bits per heavy atom.